The molecule has 0 aromatic heterocycles. The predicted octanol–water partition coefficient (Wildman–Crippen LogP) is 5.51. The van der Waals surface area contributed by atoms with Gasteiger partial charge in [-0.3, -0.25) is 9.59 Å². The lowest BCUT2D eigenvalue weighted by atomic mass is 9.79. The minimum atomic E-state index is -1.17. The van der Waals surface area contributed by atoms with Gasteiger partial charge in [0.05, 0.1) is 25.0 Å². The summed E-state index contributed by atoms with van der Waals surface area (Å²) >= 11 is 0. The molecule has 9 heteroatoms. The molecule has 2 aliphatic heterocycles. The first-order valence-electron chi connectivity index (χ1n) is 13.3. The summed E-state index contributed by atoms with van der Waals surface area (Å²) < 4.78 is 41.0. The molecule has 0 saturated carbocycles. The van der Waals surface area contributed by atoms with Crippen LogP contribution < -0.4 is 19.3 Å². The molecule has 2 aliphatic rings. The van der Waals surface area contributed by atoms with Crippen LogP contribution in [0.2, 0.25) is 0 Å². The topological polar surface area (TPSA) is 79.3 Å². The molecule has 7 nitrogen and oxygen atoms in total. The van der Waals surface area contributed by atoms with E-state index in [-0.39, 0.29) is 49.8 Å². The molecule has 0 unspecified atom stereocenters. The number of fused-ring (bicyclic) bond motifs is 1. The number of carbonyl (C=O) groups excluding carboxylic acids is 1. The van der Waals surface area contributed by atoms with Crippen molar-refractivity contribution in [3.63, 3.8) is 0 Å². The lowest BCUT2D eigenvalue weighted by molar-refractivity contribution is -0.152. The molecule has 0 aliphatic carbocycles. The minimum Gasteiger partial charge on any atom is -0.497 e. The molecule has 0 radical (unpaired) electrons. The van der Waals surface area contributed by atoms with E-state index < -0.39 is 17.2 Å². The highest BCUT2D eigenvalue weighted by molar-refractivity contribution is 5.97. The number of piperidine rings is 1. The van der Waals surface area contributed by atoms with E-state index in [9.17, 15) is 19.1 Å². The van der Waals surface area contributed by atoms with Crippen molar-refractivity contribution < 1.29 is 33.0 Å². The normalized spacial score (nSPS) is 16.4. The maximum Gasteiger partial charge on any atom is 0.313 e. The van der Waals surface area contributed by atoms with Gasteiger partial charge >= 0.3 is 5.97 Å². The Hall–Kier alpha value is -4.14. The number of carboxylic acid groups (broad SMARTS) is 1. The number of anilines is 2. The summed E-state index contributed by atoms with van der Waals surface area (Å²) in [7, 11) is 1.57. The van der Waals surface area contributed by atoms with E-state index >= 15 is 4.39 Å². The van der Waals surface area contributed by atoms with Gasteiger partial charge in [-0.15, -0.1) is 0 Å². The number of nitrogens with zero attached hydrogens (tertiary/aromatic N) is 2. The van der Waals surface area contributed by atoms with E-state index in [1.807, 2.05) is 30.0 Å². The van der Waals surface area contributed by atoms with Crippen molar-refractivity contribution in [1.29, 1.82) is 0 Å². The Morgan fingerprint density at radius 2 is 1.73 bits per heavy atom. The van der Waals surface area contributed by atoms with Gasteiger partial charge in [0.1, 0.15) is 35.2 Å². The third-order valence-corrected chi connectivity index (χ3v) is 7.97. The molecule has 3 aromatic rings. The Balaban J connectivity index is 1.34. The Morgan fingerprint density at radius 1 is 1.00 bits per heavy atom. The van der Waals surface area contributed by atoms with Gasteiger partial charge in [0.25, 0.3) is 0 Å². The Kier molecular flexibility index (Phi) is 7.65. The second-order valence-electron chi connectivity index (χ2n) is 10.5. The molecule has 0 spiro atoms. The zero-order valence-electron chi connectivity index (χ0n) is 22.6. The van der Waals surface area contributed by atoms with Crippen molar-refractivity contribution in [2.24, 2.45) is 5.41 Å². The van der Waals surface area contributed by atoms with E-state index in [4.69, 9.17) is 9.47 Å². The first-order chi connectivity index (χ1) is 19.2. The SMILES string of the molecule is COc1ccc(CN2C(=O)CCc3c(OCC4(C(=O)O)CCN(c5ccc(C)cc5F)CC4)ccc(F)c32)cc1. The van der Waals surface area contributed by atoms with Crippen LogP contribution in [0, 0.1) is 24.0 Å². The number of carboxylic acids is 1. The molecule has 5 rings (SSSR count). The van der Waals surface area contributed by atoms with Crippen molar-refractivity contribution in [2.75, 3.05) is 36.6 Å². The molecule has 1 N–H and O–H groups in total. The second-order valence-corrected chi connectivity index (χ2v) is 10.5. The van der Waals surface area contributed by atoms with Gasteiger partial charge in [0, 0.05) is 25.1 Å². The van der Waals surface area contributed by atoms with Crippen molar-refractivity contribution in [1.82, 2.24) is 0 Å². The molecule has 3 aromatic carbocycles. The third-order valence-electron chi connectivity index (χ3n) is 7.97. The maximum atomic E-state index is 15.2. The molecule has 0 bridgehead atoms. The van der Waals surface area contributed by atoms with Gasteiger partial charge in [0.2, 0.25) is 5.91 Å². The fourth-order valence-electron chi connectivity index (χ4n) is 5.51. The number of amides is 1. The zero-order chi connectivity index (χ0) is 28.4. The fourth-order valence-corrected chi connectivity index (χ4v) is 5.51. The number of aryl methyl sites for hydroxylation is 1. The van der Waals surface area contributed by atoms with Crippen LogP contribution in [-0.4, -0.2) is 43.8 Å². The van der Waals surface area contributed by atoms with Crippen molar-refractivity contribution in [3.8, 4) is 11.5 Å². The summed E-state index contributed by atoms with van der Waals surface area (Å²) in [5, 5.41) is 10.2. The largest absolute Gasteiger partial charge is 0.497 e. The molecular weight excluding hydrogens is 518 g/mol. The summed E-state index contributed by atoms with van der Waals surface area (Å²) in [5.74, 6) is -0.994. The molecule has 1 saturated heterocycles. The maximum absolute atomic E-state index is 15.2. The molecule has 210 valence electrons. The number of rotatable bonds is 8. The van der Waals surface area contributed by atoms with E-state index in [1.165, 1.54) is 23.1 Å². The van der Waals surface area contributed by atoms with Gasteiger partial charge < -0.3 is 24.4 Å². The average Bonchev–Trinajstić information content (AvgIpc) is 2.95. The lowest BCUT2D eigenvalue weighted by Crippen LogP contribution is -2.48. The Labute approximate surface area is 231 Å². The molecule has 40 heavy (non-hydrogen) atoms. The molecule has 2 heterocycles. The Morgan fingerprint density at radius 3 is 2.38 bits per heavy atom. The molecule has 1 amide bonds. The summed E-state index contributed by atoms with van der Waals surface area (Å²) in [6, 6.07) is 15.0. The first kappa shape index (κ1) is 27.4. The molecule has 1 fully saturated rings. The highest BCUT2D eigenvalue weighted by Crippen LogP contribution is 2.40. The standard InChI is InChI=1S/C31H32F2N2O5/c1-20-3-10-26(25(33)17-20)34-15-13-31(14-16-34,30(37)38)19-40-27-11-9-24(32)29-23(27)8-12-28(36)35(29)18-21-4-6-22(39-2)7-5-21/h3-7,9-11,17H,8,12-16,18-19H2,1-2H3,(H,37,38). The monoisotopic (exact) mass is 550 g/mol. The van der Waals surface area contributed by atoms with Crippen LogP contribution in [-0.2, 0) is 22.6 Å². The number of hydrogen-bond donors (Lipinski definition) is 1. The van der Waals surface area contributed by atoms with Gasteiger partial charge in [-0.05, 0) is 73.7 Å². The van der Waals surface area contributed by atoms with E-state index in [0.717, 1.165) is 11.1 Å². The Bertz CT molecular complexity index is 1420. The van der Waals surface area contributed by atoms with Gasteiger partial charge in [-0.25, -0.2) is 8.78 Å². The average molecular weight is 551 g/mol. The quantitative estimate of drug-likeness (QED) is 0.399. The zero-order valence-corrected chi connectivity index (χ0v) is 22.6. The van der Waals surface area contributed by atoms with Crippen LogP contribution in [0.15, 0.2) is 54.6 Å². The van der Waals surface area contributed by atoms with E-state index in [2.05, 4.69) is 0 Å². The van der Waals surface area contributed by atoms with E-state index in [1.54, 1.807) is 25.3 Å². The second kappa shape index (κ2) is 11.2. The van der Waals surface area contributed by atoms with Crippen LogP contribution in [0.5, 0.6) is 11.5 Å². The highest BCUT2D eigenvalue weighted by atomic mass is 19.1. The number of aliphatic carboxylic acids is 1. The predicted molar refractivity (Wildman–Crippen MR) is 147 cm³/mol. The molecular formula is C31H32F2N2O5. The number of carbonyl (C=O) groups is 2. The summed E-state index contributed by atoms with van der Waals surface area (Å²) in [6.45, 7) is 2.61. The van der Waals surface area contributed by atoms with Crippen LogP contribution in [0.25, 0.3) is 0 Å². The third kappa shape index (κ3) is 5.33. The summed E-state index contributed by atoms with van der Waals surface area (Å²) in [4.78, 5) is 28.6. The number of benzene rings is 3. The van der Waals surface area contributed by atoms with Crippen LogP contribution >= 0.6 is 0 Å². The van der Waals surface area contributed by atoms with Crippen LogP contribution in [0.4, 0.5) is 20.2 Å². The van der Waals surface area contributed by atoms with Crippen molar-refractivity contribution >= 4 is 23.3 Å². The smallest absolute Gasteiger partial charge is 0.313 e. The number of methoxy groups -OCH3 is 1. The van der Waals surface area contributed by atoms with Gasteiger partial charge in [-0.2, -0.15) is 0 Å². The minimum absolute atomic E-state index is 0.114. The van der Waals surface area contributed by atoms with Crippen LogP contribution in [0.1, 0.15) is 36.0 Å². The van der Waals surface area contributed by atoms with E-state index in [0.29, 0.717) is 42.3 Å². The highest BCUT2D eigenvalue weighted by Gasteiger charge is 2.43. The summed E-state index contributed by atoms with van der Waals surface area (Å²) in [6.07, 6.45) is 1.01. The summed E-state index contributed by atoms with van der Waals surface area (Å²) in [5.41, 5.74) is 1.63. The van der Waals surface area contributed by atoms with Gasteiger partial charge in [-0.1, -0.05) is 18.2 Å². The van der Waals surface area contributed by atoms with Crippen molar-refractivity contribution in [2.45, 2.75) is 39.2 Å². The van der Waals surface area contributed by atoms with Crippen molar-refractivity contribution in [3.05, 3.63) is 82.9 Å². The van der Waals surface area contributed by atoms with Gasteiger partial charge in [0.15, 0.2) is 0 Å². The lowest BCUT2D eigenvalue weighted by Gasteiger charge is -2.40. The molecule has 0 atom stereocenters. The number of hydrogen-bond acceptors (Lipinski definition) is 5. The number of halogens is 2. The fraction of sp³-hybridized carbons (Fsp3) is 0.355. The van der Waals surface area contributed by atoms with Crippen LogP contribution in [0.3, 0.4) is 0 Å². The first-order valence-corrected chi connectivity index (χ1v) is 13.3. The number of ether oxygens (including phenoxy) is 2.